The van der Waals surface area contributed by atoms with Crippen molar-refractivity contribution in [1.82, 2.24) is 30.8 Å². The van der Waals surface area contributed by atoms with Gasteiger partial charge in [-0.05, 0) is 48.0 Å². The molecule has 3 unspecified atom stereocenters. The van der Waals surface area contributed by atoms with Gasteiger partial charge in [-0.2, -0.15) is 0 Å². The van der Waals surface area contributed by atoms with Gasteiger partial charge in [-0.1, -0.05) is 52.3 Å². The Morgan fingerprint density at radius 3 is 2.66 bits per heavy atom. The number of aromatic nitrogens is 4. The van der Waals surface area contributed by atoms with Crippen LogP contribution in [0.3, 0.4) is 0 Å². The Morgan fingerprint density at radius 1 is 1.20 bits per heavy atom. The topological polar surface area (TPSA) is 130 Å². The number of esters is 1. The second kappa shape index (κ2) is 9.08. The third kappa shape index (κ3) is 4.31. The number of ether oxygens (including phenoxy) is 1. The van der Waals surface area contributed by atoms with E-state index in [9.17, 15) is 14.4 Å². The van der Waals surface area contributed by atoms with Crippen LogP contribution in [0, 0.1) is 0 Å². The summed E-state index contributed by atoms with van der Waals surface area (Å²) in [5.74, 6) is -2.04. The van der Waals surface area contributed by atoms with Crippen LogP contribution in [0.4, 0.5) is 0 Å². The lowest BCUT2D eigenvalue weighted by Crippen LogP contribution is -2.68. The number of carbonyl (C=O) groups is 3. The number of carbonyl (C=O) groups excluding carboxylic acids is 3. The number of hydrogen-bond donors (Lipinski definition) is 2. The Kier molecular flexibility index (Phi) is 6.09. The zero-order chi connectivity index (χ0) is 24.7. The maximum atomic E-state index is 13.4. The van der Waals surface area contributed by atoms with Crippen molar-refractivity contribution in [1.29, 1.82) is 0 Å². The van der Waals surface area contributed by atoms with E-state index in [4.69, 9.17) is 4.74 Å². The number of nitrogens with zero attached hydrogens (tertiary/aromatic N) is 4. The molecule has 180 valence electrons. The quantitative estimate of drug-likeness (QED) is 0.205. The van der Waals surface area contributed by atoms with Gasteiger partial charge in [-0.25, -0.2) is 5.10 Å². The van der Waals surface area contributed by atoms with Crippen molar-refractivity contribution in [2.24, 2.45) is 0 Å². The third-order valence-electron chi connectivity index (χ3n) is 6.00. The molecule has 5 rings (SSSR count). The number of rotatable bonds is 6. The number of benzene rings is 2. The average molecular weight is 557 g/mol. The van der Waals surface area contributed by atoms with E-state index in [1.807, 2.05) is 13.8 Å². The molecule has 0 radical (unpaired) electrons. The molecule has 0 saturated carbocycles. The van der Waals surface area contributed by atoms with Crippen molar-refractivity contribution in [2.75, 3.05) is 0 Å². The molecule has 0 aliphatic carbocycles. The van der Waals surface area contributed by atoms with Crippen LogP contribution in [0.15, 0.2) is 59.1 Å². The summed E-state index contributed by atoms with van der Waals surface area (Å²) in [7, 11) is 0. The van der Waals surface area contributed by atoms with Crippen molar-refractivity contribution >= 4 is 45.5 Å². The standard InChI is InChI=1S/C23H21BrN6O4S/c1-23(2)17(18-26-28-29-27-18)30-20(32)16(21(30)35-23)25-19(31)15(12-7-4-3-5-8-12)22(33)34-14-10-6-9-13(24)11-14/h3-11,15-17,21H,1-2H3,(H,25,31)(H,26,27,28,29)/t15?,16?,17?,21-/m1/s1. The number of aromatic amines is 1. The van der Waals surface area contributed by atoms with Crippen molar-refractivity contribution in [3.63, 3.8) is 0 Å². The van der Waals surface area contributed by atoms with E-state index in [2.05, 4.69) is 41.9 Å². The summed E-state index contributed by atoms with van der Waals surface area (Å²) in [6.07, 6.45) is 0. The van der Waals surface area contributed by atoms with Crippen molar-refractivity contribution in [3.8, 4) is 5.75 Å². The first kappa shape index (κ1) is 23.5. The fourth-order valence-electron chi connectivity index (χ4n) is 4.45. The largest absolute Gasteiger partial charge is 0.426 e. The molecule has 3 heterocycles. The highest BCUT2D eigenvalue weighted by Crippen LogP contribution is 2.56. The van der Waals surface area contributed by atoms with Crippen molar-refractivity contribution in [3.05, 3.63) is 70.5 Å². The lowest BCUT2D eigenvalue weighted by Gasteiger charge is -2.44. The molecule has 3 aromatic rings. The lowest BCUT2D eigenvalue weighted by atomic mass is 9.94. The molecule has 4 atom stereocenters. The van der Waals surface area contributed by atoms with Crippen molar-refractivity contribution < 1.29 is 19.1 Å². The second-order valence-corrected chi connectivity index (χ2v) is 11.4. The molecule has 1 aromatic heterocycles. The number of amides is 2. The van der Waals surface area contributed by atoms with Gasteiger partial charge >= 0.3 is 5.97 Å². The van der Waals surface area contributed by atoms with Crippen LogP contribution in [-0.4, -0.2) is 59.5 Å². The maximum Gasteiger partial charge on any atom is 0.328 e. The van der Waals surface area contributed by atoms with Gasteiger partial charge in [0.15, 0.2) is 11.7 Å². The highest BCUT2D eigenvalue weighted by molar-refractivity contribution is 9.10. The summed E-state index contributed by atoms with van der Waals surface area (Å²) < 4.78 is 5.87. The minimum absolute atomic E-state index is 0.255. The van der Waals surface area contributed by atoms with Gasteiger partial charge in [-0.3, -0.25) is 14.4 Å². The number of β-lactam (4-membered cyclic amide) rings is 1. The molecule has 0 bridgehead atoms. The fraction of sp³-hybridized carbons (Fsp3) is 0.304. The zero-order valence-electron chi connectivity index (χ0n) is 18.7. The van der Waals surface area contributed by atoms with E-state index in [0.29, 0.717) is 17.1 Å². The predicted octanol–water partition coefficient (Wildman–Crippen LogP) is 2.57. The van der Waals surface area contributed by atoms with Gasteiger partial charge in [-0.15, -0.1) is 16.9 Å². The summed E-state index contributed by atoms with van der Waals surface area (Å²) in [4.78, 5) is 41.4. The molecule has 2 fully saturated rings. The molecule has 2 N–H and O–H groups in total. The molecule has 2 saturated heterocycles. The summed E-state index contributed by atoms with van der Waals surface area (Å²) in [5.41, 5.74) is 0.471. The van der Waals surface area contributed by atoms with E-state index in [0.717, 1.165) is 4.47 Å². The molecular formula is C23H21BrN6O4S. The minimum atomic E-state index is -1.24. The SMILES string of the molecule is CC1(C)S[C@@H]2C(NC(=O)C(C(=O)Oc3cccc(Br)c3)c3ccccc3)C(=O)N2C1c1nnn[nH]1. The average Bonchev–Trinajstić information content (AvgIpc) is 3.42. The molecule has 2 aromatic carbocycles. The first-order valence-electron chi connectivity index (χ1n) is 10.8. The molecule has 2 aliphatic heterocycles. The Balaban J connectivity index is 1.36. The molecule has 2 aliphatic rings. The normalized spacial score (nSPS) is 23.2. The van der Waals surface area contributed by atoms with Crippen LogP contribution in [-0.2, 0) is 14.4 Å². The number of H-pyrrole nitrogens is 1. The van der Waals surface area contributed by atoms with Gasteiger partial charge < -0.3 is 15.0 Å². The smallest absolute Gasteiger partial charge is 0.328 e. The van der Waals surface area contributed by atoms with Gasteiger partial charge in [0.2, 0.25) is 11.8 Å². The molecule has 2 amide bonds. The Hall–Kier alpha value is -3.25. The van der Waals surface area contributed by atoms with Gasteiger partial charge in [0.05, 0.1) is 0 Å². The van der Waals surface area contributed by atoms with E-state index in [1.165, 1.54) is 0 Å². The summed E-state index contributed by atoms with van der Waals surface area (Å²) in [6.45, 7) is 3.99. The monoisotopic (exact) mass is 556 g/mol. The van der Waals surface area contributed by atoms with E-state index >= 15 is 0 Å². The fourth-order valence-corrected chi connectivity index (χ4v) is 6.47. The lowest BCUT2D eigenvalue weighted by molar-refractivity contribution is -0.153. The Morgan fingerprint density at radius 2 is 1.97 bits per heavy atom. The number of nitrogens with one attached hydrogen (secondary N) is 2. The third-order valence-corrected chi connectivity index (χ3v) is 8.07. The van der Waals surface area contributed by atoms with Crippen LogP contribution >= 0.6 is 27.7 Å². The number of fused-ring (bicyclic) bond motifs is 1. The Bertz CT molecular complexity index is 1270. The highest BCUT2D eigenvalue weighted by atomic mass is 79.9. The number of halogens is 1. The number of hydrogen-bond acceptors (Lipinski definition) is 8. The minimum Gasteiger partial charge on any atom is -0.426 e. The van der Waals surface area contributed by atoms with E-state index < -0.39 is 23.8 Å². The van der Waals surface area contributed by atoms with Crippen LogP contribution < -0.4 is 10.1 Å². The van der Waals surface area contributed by atoms with Crippen LogP contribution in [0.2, 0.25) is 0 Å². The highest BCUT2D eigenvalue weighted by Gasteiger charge is 2.63. The van der Waals surface area contributed by atoms with Gasteiger partial charge in [0, 0.05) is 9.22 Å². The molecule has 12 heteroatoms. The van der Waals surface area contributed by atoms with Crippen LogP contribution in [0.5, 0.6) is 5.75 Å². The number of tetrazole rings is 1. The Labute approximate surface area is 213 Å². The second-order valence-electron chi connectivity index (χ2n) is 8.75. The maximum absolute atomic E-state index is 13.4. The van der Waals surface area contributed by atoms with E-state index in [1.54, 1.807) is 71.3 Å². The van der Waals surface area contributed by atoms with Gasteiger partial charge in [0.1, 0.15) is 23.2 Å². The summed E-state index contributed by atoms with van der Waals surface area (Å²) in [5, 5.41) is 16.5. The molecular weight excluding hydrogens is 536 g/mol. The molecule has 10 nitrogen and oxygen atoms in total. The van der Waals surface area contributed by atoms with Crippen LogP contribution in [0.25, 0.3) is 0 Å². The predicted molar refractivity (Wildman–Crippen MR) is 130 cm³/mol. The number of thioether (sulfide) groups is 1. The van der Waals surface area contributed by atoms with Crippen LogP contribution in [0.1, 0.15) is 37.2 Å². The zero-order valence-corrected chi connectivity index (χ0v) is 21.1. The first-order valence-corrected chi connectivity index (χ1v) is 12.5. The first-order chi connectivity index (χ1) is 16.8. The summed E-state index contributed by atoms with van der Waals surface area (Å²) in [6, 6.07) is 14.3. The summed E-state index contributed by atoms with van der Waals surface area (Å²) >= 11 is 4.90. The molecule has 35 heavy (non-hydrogen) atoms. The van der Waals surface area contributed by atoms with E-state index in [-0.39, 0.29) is 22.1 Å². The molecule has 0 spiro atoms. The van der Waals surface area contributed by atoms with Crippen molar-refractivity contribution in [2.45, 2.75) is 42.0 Å². The van der Waals surface area contributed by atoms with Gasteiger partial charge in [0.25, 0.3) is 0 Å².